The maximum absolute atomic E-state index is 13.1. The quantitative estimate of drug-likeness (QED) is 0.913. The minimum atomic E-state index is -4.84. The predicted molar refractivity (Wildman–Crippen MR) is 78.9 cm³/mol. The van der Waals surface area contributed by atoms with Gasteiger partial charge in [-0.05, 0) is 23.8 Å². The van der Waals surface area contributed by atoms with E-state index in [1.54, 1.807) is 17.0 Å². The summed E-state index contributed by atoms with van der Waals surface area (Å²) in [6, 6.07) is 2.77. The maximum atomic E-state index is 13.1. The van der Waals surface area contributed by atoms with Crippen LogP contribution in [-0.2, 0) is 11.3 Å². The van der Waals surface area contributed by atoms with Gasteiger partial charge in [-0.25, -0.2) is 9.78 Å². The van der Waals surface area contributed by atoms with Crippen molar-refractivity contribution in [1.82, 2.24) is 9.55 Å². The number of carbonyl (C=O) groups is 1. The molecule has 1 N–H and O–H groups in total. The van der Waals surface area contributed by atoms with Crippen LogP contribution in [0.2, 0.25) is 5.02 Å². The Labute approximate surface area is 138 Å². The van der Waals surface area contributed by atoms with Gasteiger partial charge < -0.3 is 14.4 Å². The number of fused-ring (bicyclic) bond motifs is 1. The second kappa shape index (κ2) is 5.86. The standard InChI is InChI=1S/C15H10ClF3N2O3/c16-11-4-8-3-10(14(22)23)13(15(17,18)19)24-12(8)5-9(11)6-21-2-1-20-7-21/h1-5,7,13H,6H2,(H,22,23). The van der Waals surface area contributed by atoms with Crippen molar-refractivity contribution < 1.29 is 27.8 Å². The number of carboxylic acids is 1. The average molecular weight is 359 g/mol. The van der Waals surface area contributed by atoms with Crippen molar-refractivity contribution in [2.75, 3.05) is 0 Å². The van der Waals surface area contributed by atoms with Crippen molar-refractivity contribution in [3.8, 4) is 5.75 Å². The molecule has 0 saturated carbocycles. The van der Waals surface area contributed by atoms with Crippen LogP contribution in [0.3, 0.4) is 0 Å². The van der Waals surface area contributed by atoms with Gasteiger partial charge in [0, 0.05) is 23.0 Å². The van der Waals surface area contributed by atoms with Gasteiger partial charge in [0.2, 0.25) is 6.10 Å². The molecule has 5 nitrogen and oxygen atoms in total. The Kier molecular flexibility index (Phi) is 4.00. The number of ether oxygens (including phenoxy) is 1. The van der Waals surface area contributed by atoms with Crippen LogP contribution >= 0.6 is 11.6 Å². The van der Waals surface area contributed by atoms with Gasteiger partial charge in [0.25, 0.3) is 0 Å². The Balaban J connectivity index is 2.03. The van der Waals surface area contributed by atoms with E-state index in [9.17, 15) is 18.0 Å². The summed E-state index contributed by atoms with van der Waals surface area (Å²) >= 11 is 6.14. The molecule has 0 bridgehead atoms. The Bertz CT molecular complexity index is 816. The minimum absolute atomic E-state index is 0.0677. The molecule has 3 rings (SSSR count). The van der Waals surface area contributed by atoms with Crippen LogP contribution in [0.4, 0.5) is 13.2 Å². The van der Waals surface area contributed by atoms with Crippen molar-refractivity contribution in [1.29, 1.82) is 0 Å². The van der Waals surface area contributed by atoms with Crippen molar-refractivity contribution in [3.63, 3.8) is 0 Å². The highest BCUT2D eigenvalue weighted by Gasteiger charge is 2.48. The number of imidazole rings is 1. The number of aromatic nitrogens is 2. The molecule has 24 heavy (non-hydrogen) atoms. The van der Waals surface area contributed by atoms with Crippen molar-refractivity contribution >= 4 is 23.6 Å². The fourth-order valence-electron chi connectivity index (χ4n) is 2.37. The molecule has 2 heterocycles. The SMILES string of the molecule is O=C(O)C1=Cc2cc(Cl)c(Cn3ccnc3)cc2OC1C(F)(F)F. The zero-order valence-corrected chi connectivity index (χ0v) is 12.7. The number of halogens is 4. The molecule has 0 spiro atoms. The lowest BCUT2D eigenvalue weighted by molar-refractivity contribution is -0.187. The fourth-order valence-corrected chi connectivity index (χ4v) is 2.61. The van der Waals surface area contributed by atoms with Gasteiger partial charge in [0.1, 0.15) is 5.75 Å². The molecule has 1 unspecified atom stereocenters. The lowest BCUT2D eigenvalue weighted by Gasteiger charge is -2.27. The number of nitrogens with zero attached hydrogens (tertiary/aromatic N) is 2. The number of alkyl halides is 3. The molecule has 0 saturated heterocycles. The van der Waals surface area contributed by atoms with Crippen LogP contribution < -0.4 is 4.74 Å². The Hall–Kier alpha value is -2.48. The highest BCUT2D eigenvalue weighted by molar-refractivity contribution is 6.31. The van der Waals surface area contributed by atoms with E-state index < -0.39 is 23.8 Å². The Morgan fingerprint density at radius 3 is 2.75 bits per heavy atom. The molecule has 1 aromatic heterocycles. The van der Waals surface area contributed by atoms with E-state index in [1.807, 2.05) is 0 Å². The molecule has 2 aromatic rings. The Morgan fingerprint density at radius 1 is 1.42 bits per heavy atom. The van der Waals surface area contributed by atoms with Crippen LogP contribution in [-0.4, -0.2) is 32.9 Å². The summed E-state index contributed by atoms with van der Waals surface area (Å²) < 4.78 is 45.8. The summed E-state index contributed by atoms with van der Waals surface area (Å²) in [5.74, 6) is -1.76. The van der Waals surface area contributed by atoms with Gasteiger partial charge >= 0.3 is 12.1 Å². The predicted octanol–water partition coefficient (Wildman–Crippen LogP) is 3.38. The van der Waals surface area contributed by atoms with Gasteiger partial charge in [-0.2, -0.15) is 13.2 Å². The fraction of sp³-hybridized carbons (Fsp3) is 0.200. The van der Waals surface area contributed by atoms with Crippen molar-refractivity contribution in [3.05, 3.63) is 52.6 Å². The summed E-state index contributed by atoms with van der Waals surface area (Å²) in [4.78, 5) is 15.0. The number of benzene rings is 1. The van der Waals surface area contributed by atoms with Crippen LogP contribution in [0.1, 0.15) is 11.1 Å². The number of carboxylic acid groups (broad SMARTS) is 1. The summed E-state index contributed by atoms with van der Waals surface area (Å²) in [6.07, 6.45) is -1.65. The van der Waals surface area contributed by atoms with E-state index in [0.29, 0.717) is 12.1 Å². The van der Waals surface area contributed by atoms with Crippen LogP contribution in [0, 0.1) is 0 Å². The first kappa shape index (κ1) is 16.4. The zero-order valence-electron chi connectivity index (χ0n) is 11.9. The molecule has 0 amide bonds. The van der Waals surface area contributed by atoms with E-state index >= 15 is 0 Å². The molecule has 9 heteroatoms. The molecular weight excluding hydrogens is 349 g/mol. The zero-order chi connectivity index (χ0) is 17.5. The van der Waals surface area contributed by atoms with Gasteiger partial charge in [-0.3, -0.25) is 0 Å². The monoisotopic (exact) mass is 358 g/mol. The lowest BCUT2D eigenvalue weighted by Crippen LogP contribution is -2.40. The topological polar surface area (TPSA) is 64.3 Å². The number of rotatable bonds is 3. The largest absolute Gasteiger partial charge is 0.478 e. The molecule has 0 aliphatic carbocycles. The smallest absolute Gasteiger partial charge is 0.430 e. The average Bonchev–Trinajstić information content (AvgIpc) is 2.98. The molecule has 0 radical (unpaired) electrons. The normalized spacial score (nSPS) is 17.0. The number of hydrogen-bond acceptors (Lipinski definition) is 3. The highest BCUT2D eigenvalue weighted by Crippen LogP contribution is 2.39. The molecule has 1 aliphatic heterocycles. The first-order chi connectivity index (χ1) is 11.3. The second-order valence-electron chi connectivity index (χ2n) is 5.16. The van der Waals surface area contributed by atoms with Crippen LogP contribution in [0.15, 0.2) is 36.4 Å². The molecule has 1 atom stereocenters. The summed E-state index contributed by atoms with van der Waals surface area (Å²) in [7, 11) is 0. The van der Waals surface area contributed by atoms with Gasteiger partial charge in [-0.1, -0.05) is 11.6 Å². The third kappa shape index (κ3) is 3.09. The maximum Gasteiger partial charge on any atom is 0.430 e. The van der Waals surface area contributed by atoms with Crippen LogP contribution in [0.5, 0.6) is 5.75 Å². The first-order valence-corrected chi connectivity index (χ1v) is 7.10. The minimum Gasteiger partial charge on any atom is -0.478 e. The van der Waals surface area contributed by atoms with Gasteiger partial charge in [0.15, 0.2) is 0 Å². The first-order valence-electron chi connectivity index (χ1n) is 6.72. The third-order valence-electron chi connectivity index (χ3n) is 3.47. The van der Waals surface area contributed by atoms with Crippen molar-refractivity contribution in [2.24, 2.45) is 0 Å². The van der Waals surface area contributed by atoms with E-state index in [-0.39, 0.29) is 16.3 Å². The van der Waals surface area contributed by atoms with E-state index in [4.69, 9.17) is 21.4 Å². The molecular formula is C15H10ClF3N2O3. The van der Waals surface area contributed by atoms with Gasteiger partial charge in [0.05, 0.1) is 18.4 Å². The summed E-state index contributed by atoms with van der Waals surface area (Å²) in [5, 5.41) is 9.29. The molecule has 1 aromatic carbocycles. The van der Waals surface area contributed by atoms with E-state index in [2.05, 4.69) is 4.98 Å². The summed E-state index contributed by atoms with van der Waals surface area (Å²) in [5.41, 5.74) is -0.165. The van der Waals surface area contributed by atoms with Crippen LogP contribution in [0.25, 0.3) is 6.08 Å². The van der Waals surface area contributed by atoms with E-state index in [0.717, 1.165) is 6.08 Å². The highest BCUT2D eigenvalue weighted by atomic mass is 35.5. The molecule has 1 aliphatic rings. The van der Waals surface area contributed by atoms with E-state index in [1.165, 1.54) is 18.5 Å². The molecule has 0 fully saturated rings. The number of aliphatic carboxylic acids is 1. The third-order valence-corrected chi connectivity index (χ3v) is 3.83. The lowest BCUT2D eigenvalue weighted by atomic mass is 10.00. The molecule has 126 valence electrons. The Morgan fingerprint density at radius 2 is 2.17 bits per heavy atom. The number of hydrogen-bond donors (Lipinski definition) is 1. The second-order valence-corrected chi connectivity index (χ2v) is 5.57. The summed E-state index contributed by atoms with van der Waals surface area (Å²) in [6.45, 7) is 0.293. The van der Waals surface area contributed by atoms with Gasteiger partial charge in [-0.15, -0.1) is 0 Å². The van der Waals surface area contributed by atoms with Crippen molar-refractivity contribution in [2.45, 2.75) is 18.8 Å².